The van der Waals surface area contributed by atoms with E-state index in [0.717, 1.165) is 11.4 Å². The van der Waals surface area contributed by atoms with Crippen LogP contribution in [0.3, 0.4) is 0 Å². The summed E-state index contributed by atoms with van der Waals surface area (Å²) in [4.78, 5) is 13.4. The van der Waals surface area contributed by atoms with Crippen LogP contribution in [-0.4, -0.2) is 52.2 Å². The number of hydrogen-bond acceptors (Lipinski definition) is 8. The van der Waals surface area contributed by atoms with Crippen molar-refractivity contribution in [1.82, 2.24) is 23.8 Å². The second kappa shape index (κ2) is 10.9. The number of aryl methyl sites for hydroxylation is 1. The van der Waals surface area contributed by atoms with E-state index in [9.17, 15) is 14.0 Å². The first-order valence-electron chi connectivity index (χ1n) is 12.0. The molecule has 0 spiro atoms. The maximum atomic E-state index is 13.5. The van der Waals surface area contributed by atoms with Gasteiger partial charge >= 0.3 is 0 Å². The monoisotopic (exact) mass is 521 g/mol. The zero-order valence-electron chi connectivity index (χ0n) is 20.3. The molecule has 1 aliphatic rings. The molecule has 1 aliphatic heterocycles. The molecule has 0 radical (unpaired) electrons. The summed E-state index contributed by atoms with van der Waals surface area (Å²) in [5.41, 5.74) is 1.20. The van der Waals surface area contributed by atoms with Crippen LogP contribution in [-0.2, 0) is 17.9 Å². The summed E-state index contributed by atoms with van der Waals surface area (Å²) in [6.45, 7) is 3.27. The highest BCUT2D eigenvalue weighted by atomic mass is 32.2. The molecule has 4 aromatic rings. The Hall–Kier alpha value is -3.51. The average Bonchev–Trinajstić information content (AvgIpc) is 3.39. The molecular weight excluding hydrogens is 493 g/mol. The van der Waals surface area contributed by atoms with Gasteiger partial charge in [-0.3, -0.25) is 0 Å². The summed E-state index contributed by atoms with van der Waals surface area (Å²) in [6, 6.07) is 13.8. The molecule has 0 bridgehead atoms. The lowest BCUT2D eigenvalue weighted by molar-refractivity contribution is -0.0194. The lowest BCUT2D eigenvalue weighted by Gasteiger charge is -2.37. The third kappa shape index (κ3) is 6.25. The molecule has 1 atom stereocenters. The van der Waals surface area contributed by atoms with Gasteiger partial charge < -0.3 is 24.9 Å². The number of aliphatic hydroxyl groups is 1. The fourth-order valence-corrected chi connectivity index (χ4v) is 5.42. The van der Waals surface area contributed by atoms with Gasteiger partial charge in [0.05, 0.1) is 29.8 Å². The summed E-state index contributed by atoms with van der Waals surface area (Å²) < 4.78 is 30.4. The van der Waals surface area contributed by atoms with Gasteiger partial charge in [-0.2, -0.15) is 4.98 Å². The molecule has 1 fully saturated rings. The number of nitrogens with one attached hydrogen (secondary N) is 2. The molecule has 1 unspecified atom stereocenters. The van der Waals surface area contributed by atoms with Crippen LogP contribution in [0.2, 0.25) is 0 Å². The molecule has 2 aromatic carbocycles. The van der Waals surface area contributed by atoms with E-state index in [2.05, 4.69) is 25.6 Å². The van der Waals surface area contributed by atoms with Crippen molar-refractivity contribution in [3.8, 4) is 0 Å². The Kier molecular flexibility index (Phi) is 7.38. The van der Waals surface area contributed by atoms with Crippen LogP contribution in [0.4, 0.5) is 27.5 Å². The number of hydrogen-bond donors (Lipinski definition) is 3. The van der Waals surface area contributed by atoms with E-state index in [4.69, 9.17) is 0 Å². The average molecular weight is 522 g/mol. The maximum Gasteiger partial charge on any atom is 0.229 e. The highest BCUT2D eigenvalue weighted by molar-refractivity contribution is 7.89. The van der Waals surface area contributed by atoms with E-state index < -0.39 is 17.0 Å². The van der Waals surface area contributed by atoms with Gasteiger partial charge in [0.25, 0.3) is 0 Å². The molecule has 5 rings (SSSR count). The van der Waals surface area contributed by atoms with Gasteiger partial charge in [0.1, 0.15) is 11.6 Å². The zero-order chi connectivity index (χ0) is 25.8. The molecule has 9 nitrogen and oxygen atoms in total. The van der Waals surface area contributed by atoms with Gasteiger partial charge in [-0.15, -0.1) is 4.31 Å². The number of aromatic nitrogens is 4. The zero-order valence-corrected chi connectivity index (χ0v) is 21.2. The van der Waals surface area contributed by atoms with Crippen LogP contribution < -0.4 is 10.6 Å². The first-order chi connectivity index (χ1) is 17.9. The molecule has 3 N–H and O–H groups in total. The topological polar surface area (TPSA) is 114 Å². The predicted octanol–water partition coefficient (Wildman–Crippen LogP) is 4.16. The lowest BCUT2D eigenvalue weighted by Crippen LogP contribution is -2.48. The van der Waals surface area contributed by atoms with E-state index in [0.29, 0.717) is 54.7 Å². The van der Waals surface area contributed by atoms with Crippen molar-refractivity contribution in [2.75, 3.05) is 23.7 Å². The number of piperidine rings is 1. The number of rotatable bonds is 8. The normalized spacial score (nSPS) is 16.3. The lowest BCUT2D eigenvalue weighted by atomic mass is 9.92. The number of nitrogens with zero attached hydrogens (tertiary/aromatic N) is 5. The van der Waals surface area contributed by atoms with E-state index in [1.165, 1.54) is 6.07 Å². The van der Waals surface area contributed by atoms with Gasteiger partial charge in [0.15, 0.2) is 4.90 Å². The molecule has 2 aromatic heterocycles. The summed E-state index contributed by atoms with van der Waals surface area (Å²) in [5, 5.41) is 17.2. The summed E-state index contributed by atoms with van der Waals surface area (Å²) in [6.07, 6.45) is 7.93. The summed E-state index contributed by atoms with van der Waals surface area (Å²) >= 11 is -1.32. The fraction of sp³-hybridized carbons (Fsp3) is 0.269. The van der Waals surface area contributed by atoms with Crippen molar-refractivity contribution in [3.05, 3.63) is 84.8 Å². The van der Waals surface area contributed by atoms with Gasteiger partial charge in [-0.1, -0.05) is 0 Å². The van der Waals surface area contributed by atoms with Crippen molar-refractivity contribution < 1.29 is 14.0 Å². The first-order valence-corrected chi connectivity index (χ1v) is 13.1. The van der Waals surface area contributed by atoms with Crippen LogP contribution in [0.15, 0.2) is 78.3 Å². The second-order valence-electron chi connectivity index (χ2n) is 9.14. The Morgan fingerprint density at radius 3 is 2.51 bits per heavy atom. The largest absolute Gasteiger partial charge is 0.593 e. The highest BCUT2D eigenvalue weighted by Gasteiger charge is 2.37. The fourth-order valence-electron chi connectivity index (χ4n) is 4.24. The Balaban J connectivity index is 1.17. The minimum absolute atomic E-state index is 0.257. The van der Waals surface area contributed by atoms with Crippen molar-refractivity contribution >= 4 is 34.5 Å². The molecule has 0 aliphatic carbocycles. The second-order valence-corrected chi connectivity index (χ2v) is 10.6. The van der Waals surface area contributed by atoms with Crippen molar-refractivity contribution in [1.29, 1.82) is 0 Å². The van der Waals surface area contributed by atoms with Crippen molar-refractivity contribution in [2.45, 2.75) is 36.8 Å². The van der Waals surface area contributed by atoms with Crippen molar-refractivity contribution in [3.63, 3.8) is 0 Å². The predicted molar refractivity (Wildman–Crippen MR) is 141 cm³/mol. The molecule has 1 saturated heterocycles. The van der Waals surface area contributed by atoms with Crippen LogP contribution in [0.5, 0.6) is 0 Å². The summed E-state index contributed by atoms with van der Waals surface area (Å²) in [7, 11) is 0. The van der Waals surface area contributed by atoms with Gasteiger partial charge in [0.2, 0.25) is 5.95 Å². The van der Waals surface area contributed by atoms with E-state index in [1.807, 2.05) is 39.3 Å². The molecule has 3 heterocycles. The van der Waals surface area contributed by atoms with Crippen LogP contribution in [0.25, 0.3) is 0 Å². The Labute approximate surface area is 217 Å². The van der Waals surface area contributed by atoms with Crippen molar-refractivity contribution in [2.24, 2.45) is 0 Å². The van der Waals surface area contributed by atoms with Crippen LogP contribution in [0.1, 0.15) is 18.4 Å². The Bertz CT molecular complexity index is 1330. The van der Waals surface area contributed by atoms with Crippen LogP contribution >= 0.6 is 0 Å². The SMILES string of the molecule is Cc1cc(Nc2ccnc(Nc3ccc([S+]([O-])N4CCC(O)(Cn5ccnc5)CC4)cc3)n2)ccc1F. The molecule has 192 valence electrons. The minimum Gasteiger partial charge on any atom is -0.593 e. The molecular formula is C26H28FN7O2S. The van der Waals surface area contributed by atoms with Gasteiger partial charge in [-0.25, -0.2) is 14.4 Å². The number of anilines is 4. The first kappa shape index (κ1) is 25.2. The highest BCUT2D eigenvalue weighted by Crippen LogP contribution is 2.29. The number of halogens is 1. The Morgan fingerprint density at radius 2 is 1.81 bits per heavy atom. The van der Waals surface area contributed by atoms with E-state index in [-0.39, 0.29) is 5.82 Å². The smallest absolute Gasteiger partial charge is 0.229 e. The maximum absolute atomic E-state index is 13.5. The summed E-state index contributed by atoms with van der Waals surface area (Å²) in [5.74, 6) is 0.706. The number of imidazole rings is 1. The van der Waals surface area contributed by atoms with E-state index in [1.54, 1.807) is 43.8 Å². The molecule has 37 heavy (non-hydrogen) atoms. The Morgan fingerprint density at radius 1 is 1.05 bits per heavy atom. The minimum atomic E-state index is -1.32. The van der Waals surface area contributed by atoms with Gasteiger partial charge in [-0.05, 0) is 73.9 Å². The molecule has 0 amide bonds. The van der Waals surface area contributed by atoms with Crippen LogP contribution in [0, 0.1) is 12.7 Å². The number of benzene rings is 2. The molecule has 0 saturated carbocycles. The van der Waals surface area contributed by atoms with E-state index >= 15 is 0 Å². The standard InChI is InChI=1S/C26H28FN7O2S/c1-19-16-21(4-7-23(19)27)30-24-8-11-29-25(32-24)31-20-2-5-22(6-3-20)37(36)34-13-9-26(35,10-14-34)17-33-15-12-28-18-33/h2-8,11-12,15-16,18,35H,9-10,13-14,17H2,1H3,(H2,29,30,31,32). The molecule has 11 heteroatoms. The quantitative estimate of drug-likeness (QED) is 0.296. The third-order valence-corrected chi connectivity index (χ3v) is 7.83. The third-order valence-electron chi connectivity index (χ3n) is 6.32. The van der Waals surface area contributed by atoms with Gasteiger partial charge in [0, 0.05) is 43.1 Å².